The topological polar surface area (TPSA) is 24.1 Å². The molecule has 0 unspecified atom stereocenters. The normalized spacial score (nSPS) is 22.4. The molecule has 1 aliphatic rings. The summed E-state index contributed by atoms with van der Waals surface area (Å²) in [7, 11) is 0. The summed E-state index contributed by atoms with van der Waals surface area (Å²) in [5.74, 6) is 0. The zero-order valence-corrected chi connectivity index (χ0v) is 7.16. The highest BCUT2D eigenvalue weighted by atomic mass is 14.9. The molecular formula is C9H18N2. The number of nitrogens with one attached hydrogen (secondary N) is 2. The van der Waals surface area contributed by atoms with Crippen molar-refractivity contribution >= 4 is 0 Å². The summed E-state index contributed by atoms with van der Waals surface area (Å²) < 4.78 is 0. The smallest absolute Gasteiger partial charge is 0.0155 e. The van der Waals surface area contributed by atoms with E-state index in [2.05, 4.69) is 17.2 Å². The van der Waals surface area contributed by atoms with Crippen molar-refractivity contribution < 1.29 is 0 Å². The fourth-order valence-corrected chi connectivity index (χ4v) is 1.28. The highest BCUT2D eigenvalue weighted by molar-refractivity contribution is 4.90. The average molecular weight is 154 g/mol. The van der Waals surface area contributed by atoms with Crippen molar-refractivity contribution in [2.24, 2.45) is 0 Å². The third-order valence-corrected chi connectivity index (χ3v) is 1.99. The molecule has 1 fully saturated rings. The molecule has 64 valence electrons. The van der Waals surface area contributed by atoms with Crippen LogP contribution in [0.2, 0.25) is 0 Å². The lowest BCUT2D eigenvalue weighted by Crippen LogP contribution is -2.24. The van der Waals surface area contributed by atoms with Gasteiger partial charge in [-0.3, -0.25) is 0 Å². The Morgan fingerprint density at radius 1 is 1.00 bits per heavy atom. The maximum Gasteiger partial charge on any atom is 0.0155 e. The van der Waals surface area contributed by atoms with Crippen molar-refractivity contribution in [3.8, 4) is 0 Å². The van der Waals surface area contributed by atoms with Crippen molar-refractivity contribution in [1.82, 2.24) is 10.6 Å². The molecule has 2 N–H and O–H groups in total. The first-order chi connectivity index (χ1) is 5.39. The minimum atomic E-state index is 1.08. The zero-order valence-electron chi connectivity index (χ0n) is 7.16. The molecule has 0 saturated carbocycles. The van der Waals surface area contributed by atoms with Crippen LogP contribution in [-0.2, 0) is 0 Å². The van der Waals surface area contributed by atoms with Gasteiger partial charge in [-0.2, -0.15) is 0 Å². The van der Waals surface area contributed by atoms with Crippen LogP contribution in [0.1, 0.15) is 25.7 Å². The monoisotopic (exact) mass is 154 g/mol. The Balaban J connectivity index is 2.17. The predicted molar refractivity (Wildman–Crippen MR) is 48.5 cm³/mol. The highest BCUT2D eigenvalue weighted by Crippen LogP contribution is 2.02. The summed E-state index contributed by atoms with van der Waals surface area (Å²) in [5, 5.41) is 6.72. The van der Waals surface area contributed by atoms with Crippen LogP contribution in [0.4, 0.5) is 0 Å². The van der Waals surface area contributed by atoms with Crippen molar-refractivity contribution in [2.75, 3.05) is 19.6 Å². The third-order valence-electron chi connectivity index (χ3n) is 1.99. The van der Waals surface area contributed by atoms with Gasteiger partial charge in [0.15, 0.2) is 0 Å². The van der Waals surface area contributed by atoms with E-state index < -0.39 is 0 Å². The maximum absolute atomic E-state index is 3.96. The lowest BCUT2D eigenvalue weighted by Gasteiger charge is -2.12. The van der Waals surface area contributed by atoms with Gasteiger partial charge in [0.05, 0.1) is 0 Å². The molecule has 0 aromatic heterocycles. The highest BCUT2D eigenvalue weighted by Gasteiger charge is 1.96. The molecule has 0 radical (unpaired) electrons. The van der Waals surface area contributed by atoms with Crippen LogP contribution in [0.5, 0.6) is 0 Å². The van der Waals surface area contributed by atoms with Gasteiger partial charge in [0, 0.05) is 12.2 Å². The number of hydrogen-bond donors (Lipinski definition) is 2. The molecule has 1 saturated heterocycles. The Bertz CT molecular complexity index is 109. The summed E-state index contributed by atoms with van der Waals surface area (Å²) in [5.41, 5.74) is 1.21. The van der Waals surface area contributed by atoms with Gasteiger partial charge >= 0.3 is 0 Å². The minimum Gasteiger partial charge on any atom is -0.389 e. The Labute approximate surface area is 69.1 Å². The summed E-state index contributed by atoms with van der Waals surface area (Å²) in [4.78, 5) is 0. The standard InChI is InChI=1S/C9H18N2/c1-9-5-2-3-6-10-7-4-8-11-9/h10-11H,1-8H2. The van der Waals surface area contributed by atoms with Crippen molar-refractivity contribution in [3.63, 3.8) is 0 Å². The molecule has 11 heavy (non-hydrogen) atoms. The second kappa shape index (κ2) is 5.19. The van der Waals surface area contributed by atoms with Gasteiger partial charge in [-0.25, -0.2) is 0 Å². The molecule has 0 spiro atoms. The molecular weight excluding hydrogens is 136 g/mol. The Kier molecular flexibility index (Phi) is 4.06. The van der Waals surface area contributed by atoms with E-state index in [0.717, 1.165) is 19.5 Å². The second-order valence-corrected chi connectivity index (χ2v) is 3.09. The van der Waals surface area contributed by atoms with Gasteiger partial charge in [0.2, 0.25) is 0 Å². The van der Waals surface area contributed by atoms with E-state index in [1.807, 2.05) is 0 Å². The van der Waals surface area contributed by atoms with E-state index >= 15 is 0 Å². The van der Waals surface area contributed by atoms with E-state index in [9.17, 15) is 0 Å². The van der Waals surface area contributed by atoms with Crippen molar-refractivity contribution in [2.45, 2.75) is 25.7 Å². The van der Waals surface area contributed by atoms with Crippen LogP contribution in [-0.4, -0.2) is 19.6 Å². The van der Waals surface area contributed by atoms with Crippen LogP contribution < -0.4 is 10.6 Å². The molecule has 0 amide bonds. The lowest BCUT2D eigenvalue weighted by atomic mass is 10.2. The van der Waals surface area contributed by atoms with Crippen LogP contribution in [0.25, 0.3) is 0 Å². The Morgan fingerprint density at radius 2 is 1.82 bits per heavy atom. The molecule has 2 nitrogen and oxygen atoms in total. The van der Waals surface area contributed by atoms with E-state index in [-0.39, 0.29) is 0 Å². The zero-order chi connectivity index (χ0) is 7.94. The van der Waals surface area contributed by atoms with Crippen LogP contribution in [0.3, 0.4) is 0 Å². The molecule has 0 bridgehead atoms. The first-order valence-electron chi connectivity index (χ1n) is 4.52. The van der Waals surface area contributed by atoms with E-state index in [0.29, 0.717) is 0 Å². The van der Waals surface area contributed by atoms with Crippen molar-refractivity contribution in [3.05, 3.63) is 12.3 Å². The molecule has 2 heteroatoms. The second-order valence-electron chi connectivity index (χ2n) is 3.09. The van der Waals surface area contributed by atoms with E-state index in [4.69, 9.17) is 0 Å². The summed E-state index contributed by atoms with van der Waals surface area (Å²) in [6.45, 7) is 7.34. The van der Waals surface area contributed by atoms with Crippen LogP contribution >= 0.6 is 0 Å². The maximum atomic E-state index is 3.96. The molecule has 0 aliphatic carbocycles. The lowest BCUT2D eigenvalue weighted by molar-refractivity contribution is 0.559. The Morgan fingerprint density at radius 3 is 2.73 bits per heavy atom. The fourth-order valence-electron chi connectivity index (χ4n) is 1.28. The summed E-state index contributed by atoms with van der Waals surface area (Å²) in [6.07, 6.45) is 4.89. The van der Waals surface area contributed by atoms with Crippen LogP contribution in [0.15, 0.2) is 12.3 Å². The molecule has 1 heterocycles. The van der Waals surface area contributed by atoms with Gasteiger partial charge < -0.3 is 10.6 Å². The van der Waals surface area contributed by atoms with Gasteiger partial charge in [-0.15, -0.1) is 0 Å². The number of rotatable bonds is 0. The summed E-state index contributed by atoms with van der Waals surface area (Å²) >= 11 is 0. The molecule has 0 aromatic rings. The van der Waals surface area contributed by atoms with Gasteiger partial charge in [0.25, 0.3) is 0 Å². The summed E-state index contributed by atoms with van der Waals surface area (Å²) in [6, 6.07) is 0. The first kappa shape index (κ1) is 8.60. The fraction of sp³-hybridized carbons (Fsp3) is 0.778. The average Bonchev–Trinajstić information content (AvgIpc) is 2.03. The van der Waals surface area contributed by atoms with E-state index in [1.165, 1.54) is 31.5 Å². The largest absolute Gasteiger partial charge is 0.389 e. The number of allylic oxidation sites excluding steroid dienone is 1. The third kappa shape index (κ3) is 4.04. The van der Waals surface area contributed by atoms with Gasteiger partial charge in [0.1, 0.15) is 0 Å². The molecule has 1 aliphatic heterocycles. The van der Waals surface area contributed by atoms with Gasteiger partial charge in [-0.1, -0.05) is 6.58 Å². The SMILES string of the molecule is C=C1CCCCNCCCN1. The van der Waals surface area contributed by atoms with Gasteiger partial charge in [-0.05, 0) is 38.8 Å². The molecule has 0 atom stereocenters. The minimum absolute atomic E-state index is 1.08. The number of hydrogen-bond acceptors (Lipinski definition) is 2. The predicted octanol–water partition coefficient (Wildman–Crippen LogP) is 1.25. The quantitative estimate of drug-likeness (QED) is 0.549. The first-order valence-corrected chi connectivity index (χ1v) is 4.52. The van der Waals surface area contributed by atoms with E-state index in [1.54, 1.807) is 0 Å². The van der Waals surface area contributed by atoms with Crippen LogP contribution in [0, 0.1) is 0 Å². The molecule has 1 rings (SSSR count). The Hall–Kier alpha value is -0.500. The van der Waals surface area contributed by atoms with Crippen molar-refractivity contribution in [1.29, 1.82) is 0 Å². The molecule has 0 aromatic carbocycles.